The van der Waals surface area contributed by atoms with Gasteiger partial charge >= 0.3 is 0 Å². The van der Waals surface area contributed by atoms with Gasteiger partial charge in [-0.2, -0.15) is 0 Å². The summed E-state index contributed by atoms with van der Waals surface area (Å²) in [5.74, 6) is 1.98. The Morgan fingerprint density at radius 2 is 1.80 bits per heavy atom. The third-order valence-corrected chi connectivity index (χ3v) is 10.0. The molecule has 3 atom stereocenters. The van der Waals surface area contributed by atoms with Gasteiger partial charge in [0.1, 0.15) is 11.9 Å². The van der Waals surface area contributed by atoms with E-state index in [1.807, 2.05) is 24.3 Å². The van der Waals surface area contributed by atoms with Crippen molar-refractivity contribution in [3.05, 3.63) is 24.3 Å². The highest BCUT2D eigenvalue weighted by Crippen LogP contribution is 2.40. The molecule has 5 heteroatoms. The standard InChI is InChI=1S/C20H33NO3Si/c1-9-17-18(14(2)24-25(7,8)20(3,4)5)23-19(17)21-15-10-12-16(22-6)13-11-15/h10-14,17-18H,9H2,1-8H3/t14-,17-,18+/m0/s1. The van der Waals surface area contributed by atoms with E-state index in [1.54, 1.807) is 7.11 Å². The van der Waals surface area contributed by atoms with Gasteiger partial charge in [0.15, 0.2) is 14.2 Å². The molecule has 0 radical (unpaired) electrons. The van der Waals surface area contributed by atoms with Crippen LogP contribution in [-0.4, -0.2) is 33.5 Å². The molecule has 1 saturated heterocycles. The van der Waals surface area contributed by atoms with E-state index in [0.29, 0.717) is 5.92 Å². The minimum Gasteiger partial charge on any atom is -0.497 e. The zero-order valence-electron chi connectivity index (χ0n) is 16.9. The molecule has 140 valence electrons. The Labute approximate surface area is 153 Å². The monoisotopic (exact) mass is 363 g/mol. The molecule has 25 heavy (non-hydrogen) atoms. The highest BCUT2D eigenvalue weighted by molar-refractivity contribution is 6.74. The summed E-state index contributed by atoms with van der Waals surface area (Å²) in [5, 5.41) is 0.201. The van der Waals surface area contributed by atoms with Crippen LogP contribution in [0.25, 0.3) is 0 Å². The van der Waals surface area contributed by atoms with Crippen molar-refractivity contribution in [2.45, 2.75) is 71.4 Å². The van der Waals surface area contributed by atoms with E-state index in [4.69, 9.17) is 13.9 Å². The molecule has 0 aromatic heterocycles. The van der Waals surface area contributed by atoms with E-state index in [9.17, 15) is 0 Å². The fraction of sp³-hybridized carbons (Fsp3) is 0.650. The van der Waals surface area contributed by atoms with E-state index in [1.165, 1.54) is 0 Å². The molecule has 1 fully saturated rings. The number of hydrogen-bond acceptors (Lipinski definition) is 4. The molecule has 4 nitrogen and oxygen atoms in total. The predicted molar refractivity (Wildman–Crippen MR) is 106 cm³/mol. The van der Waals surface area contributed by atoms with Gasteiger partial charge in [0, 0.05) is 0 Å². The number of methoxy groups -OCH3 is 1. The number of nitrogens with zero attached hydrogens (tertiary/aromatic N) is 1. The van der Waals surface area contributed by atoms with Gasteiger partial charge in [-0.15, -0.1) is 0 Å². The average Bonchev–Trinajstić information content (AvgIpc) is 2.50. The van der Waals surface area contributed by atoms with E-state index >= 15 is 0 Å². The number of ether oxygens (including phenoxy) is 2. The Bertz CT molecular complexity index is 604. The van der Waals surface area contributed by atoms with E-state index in [2.05, 4.69) is 52.7 Å². The van der Waals surface area contributed by atoms with Gasteiger partial charge < -0.3 is 13.9 Å². The molecule has 1 heterocycles. The van der Waals surface area contributed by atoms with Crippen molar-refractivity contribution in [2.75, 3.05) is 7.11 Å². The van der Waals surface area contributed by atoms with Crippen LogP contribution in [0.3, 0.4) is 0 Å². The largest absolute Gasteiger partial charge is 0.497 e. The lowest BCUT2D eigenvalue weighted by atomic mass is 9.90. The second kappa shape index (κ2) is 7.50. The predicted octanol–water partition coefficient (Wildman–Crippen LogP) is 5.56. The number of benzene rings is 1. The summed E-state index contributed by atoms with van der Waals surface area (Å²) in [6, 6.07) is 7.73. The Hall–Kier alpha value is -1.33. The maximum Gasteiger partial charge on any atom is 0.195 e. The zero-order valence-corrected chi connectivity index (χ0v) is 17.9. The molecule has 0 amide bonds. The van der Waals surface area contributed by atoms with Crippen molar-refractivity contribution in [1.29, 1.82) is 0 Å². The quantitative estimate of drug-likeness (QED) is 0.621. The second-order valence-corrected chi connectivity index (χ2v) is 13.1. The van der Waals surface area contributed by atoms with Crippen LogP contribution in [0.15, 0.2) is 29.3 Å². The van der Waals surface area contributed by atoms with Gasteiger partial charge in [0.2, 0.25) is 0 Å². The first-order chi connectivity index (χ1) is 11.6. The lowest BCUT2D eigenvalue weighted by Gasteiger charge is -2.46. The van der Waals surface area contributed by atoms with Crippen molar-refractivity contribution >= 4 is 19.9 Å². The number of rotatable bonds is 6. The fourth-order valence-corrected chi connectivity index (χ4v) is 4.23. The van der Waals surface area contributed by atoms with Crippen molar-refractivity contribution in [3.63, 3.8) is 0 Å². The first-order valence-electron chi connectivity index (χ1n) is 9.16. The third-order valence-electron chi connectivity index (χ3n) is 5.47. The summed E-state index contributed by atoms with van der Waals surface area (Å²) in [6.07, 6.45) is 1.18. The van der Waals surface area contributed by atoms with Crippen LogP contribution in [0.4, 0.5) is 5.69 Å². The summed E-state index contributed by atoms with van der Waals surface area (Å²) >= 11 is 0. The molecule has 0 N–H and O–H groups in total. The number of aliphatic imine (C=N–C) groups is 1. The van der Waals surface area contributed by atoms with Crippen molar-refractivity contribution in [1.82, 2.24) is 0 Å². The first kappa shape index (κ1) is 20.0. The molecule has 0 saturated carbocycles. The zero-order chi connectivity index (χ0) is 18.8. The van der Waals surface area contributed by atoms with Crippen molar-refractivity contribution < 1.29 is 13.9 Å². The highest BCUT2D eigenvalue weighted by atomic mass is 28.4. The maximum atomic E-state index is 6.51. The van der Waals surface area contributed by atoms with Crippen LogP contribution >= 0.6 is 0 Å². The first-order valence-corrected chi connectivity index (χ1v) is 12.1. The molecule has 1 aliphatic rings. The summed E-state index contributed by atoms with van der Waals surface area (Å²) in [4.78, 5) is 4.66. The Morgan fingerprint density at radius 3 is 2.28 bits per heavy atom. The SMILES string of the molecule is CC[C@@H]1C(=Nc2ccc(OC)cc2)O[C@@H]1[C@H](C)O[Si](C)(C)C(C)(C)C. The molecule has 0 spiro atoms. The van der Waals surface area contributed by atoms with Crippen LogP contribution < -0.4 is 4.74 Å². The Morgan fingerprint density at radius 1 is 1.20 bits per heavy atom. The molecule has 1 aromatic rings. The molecular formula is C20H33NO3Si. The Kier molecular flexibility index (Phi) is 6.00. The molecular weight excluding hydrogens is 330 g/mol. The smallest absolute Gasteiger partial charge is 0.195 e. The van der Waals surface area contributed by atoms with Gasteiger partial charge in [-0.1, -0.05) is 27.7 Å². The number of hydrogen-bond donors (Lipinski definition) is 0. The van der Waals surface area contributed by atoms with E-state index < -0.39 is 8.32 Å². The lowest BCUT2D eigenvalue weighted by molar-refractivity contribution is -0.0323. The summed E-state index contributed by atoms with van der Waals surface area (Å²) < 4.78 is 17.7. The molecule has 0 aliphatic carbocycles. The van der Waals surface area contributed by atoms with Gasteiger partial charge in [-0.05, 0) is 55.7 Å². The van der Waals surface area contributed by atoms with Gasteiger partial charge in [-0.3, -0.25) is 0 Å². The summed E-state index contributed by atoms with van der Waals surface area (Å²) in [5.41, 5.74) is 0.894. The molecule has 0 unspecified atom stereocenters. The van der Waals surface area contributed by atoms with Crippen LogP contribution in [0, 0.1) is 5.92 Å². The van der Waals surface area contributed by atoms with Crippen molar-refractivity contribution in [3.8, 4) is 5.75 Å². The van der Waals surface area contributed by atoms with Crippen molar-refractivity contribution in [2.24, 2.45) is 10.9 Å². The normalized spacial score (nSPS) is 23.8. The summed E-state index contributed by atoms with van der Waals surface area (Å²) in [7, 11) is -0.132. The topological polar surface area (TPSA) is 40.0 Å². The van der Waals surface area contributed by atoms with Gasteiger partial charge in [0.25, 0.3) is 0 Å². The molecule has 1 aliphatic heterocycles. The van der Waals surface area contributed by atoms with Crippen LogP contribution in [0.1, 0.15) is 41.0 Å². The minimum absolute atomic E-state index is 0.0839. The van der Waals surface area contributed by atoms with E-state index in [0.717, 1.165) is 23.8 Å². The maximum absolute atomic E-state index is 6.51. The van der Waals surface area contributed by atoms with E-state index in [-0.39, 0.29) is 17.2 Å². The highest BCUT2D eigenvalue weighted by Gasteiger charge is 2.46. The molecule has 2 rings (SSSR count). The van der Waals surface area contributed by atoms with Gasteiger partial charge in [0.05, 0.1) is 24.8 Å². The lowest BCUT2D eigenvalue weighted by Crippen LogP contribution is -2.55. The van der Waals surface area contributed by atoms with Crippen LogP contribution in [-0.2, 0) is 9.16 Å². The second-order valence-electron chi connectivity index (χ2n) is 8.33. The molecule has 0 bridgehead atoms. The fourth-order valence-electron chi connectivity index (χ4n) is 2.81. The average molecular weight is 364 g/mol. The summed E-state index contributed by atoms with van der Waals surface area (Å²) in [6.45, 7) is 15.7. The minimum atomic E-state index is -1.80. The Balaban J connectivity index is 2.05. The third kappa shape index (κ3) is 4.45. The van der Waals surface area contributed by atoms with Crippen LogP contribution in [0.5, 0.6) is 5.75 Å². The molecule has 1 aromatic carbocycles. The van der Waals surface area contributed by atoms with Gasteiger partial charge in [-0.25, -0.2) is 4.99 Å². The van der Waals surface area contributed by atoms with Crippen LogP contribution in [0.2, 0.25) is 18.1 Å².